The number of rotatable bonds is 6. The zero-order valence-corrected chi connectivity index (χ0v) is 12.9. The zero-order chi connectivity index (χ0) is 18.4. The van der Waals surface area contributed by atoms with Crippen molar-refractivity contribution in [2.45, 2.75) is 0 Å². The Kier molecular flexibility index (Phi) is 5.41. The van der Waals surface area contributed by atoms with E-state index >= 15 is 0 Å². The molecule has 0 saturated heterocycles. The number of hydrogen-bond donors (Lipinski definition) is 0. The molecular formula is C16H12N2O7. The fourth-order valence-electron chi connectivity index (χ4n) is 1.90. The number of nitrogens with zero attached hydrogens (tertiary/aromatic N) is 2. The highest BCUT2D eigenvalue weighted by Crippen LogP contribution is 2.29. The molecule has 0 saturated carbocycles. The van der Waals surface area contributed by atoms with E-state index in [9.17, 15) is 25.0 Å². The monoisotopic (exact) mass is 344 g/mol. The van der Waals surface area contributed by atoms with Gasteiger partial charge in [-0.15, -0.1) is 0 Å². The van der Waals surface area contributed by atoms with Crippen LogP contribution in [0.15, 0.2) is 48.7 Å². The number of carbonyl (C=O) groups excluding carboxylic acids is 1. The van der Waals surface area contributed by atoms with Gasteiger partial charge in [-0.2, -0.15) is 0 Å². The lowest BCUT2D eigenvalue weighted by atomic mass is 10.2. The minimum atomic E-state index is -0.721. The van der Waals surface area contributed by atoms with Gasteiger partial charge in [0, 0.05) is 18.2 Å². The third kappa shape index (κ3) is 4.61. The highest BCUT2D eigenvalue weighted by atomic mass is 16.6. The molecule has 0 aliphatic heterocycles. The number of ether oxygens (including phenoxy) is 2. The van der Waals surface area contributed by atoms with E-state index < -0.39 is 15.8 Å². The molecule has 2 aromatic carbocycles. The number of esters is 1. The molecular weight excluding hydrogens is 332 g/mol. The average Bonchev–Trinajstić information content (AvgIpc) is 2.60. The van der Waals surface area contributed by atoms with E-state index in [1.54, 1.807) is 0 Å². The maximum Gasteiger partial charge on any atom is 0.343 e. The van der Waals surface area contributed by atoms with E-state index in [0.29, 0.717) is 5.56 Å². The van der Waals surface area contributed by atoms with Crippen molar-refractivity contribution >= 4 is 17.7 Å². The molecule has 0 radical (unpaired) electrons. The molecule has 0 amide bonds. The second kappa shape index (κ2) is 7.68. The molecule has 0 atom stereocenters. The van der Waals surface area contributed by atoms with Crippen LogP contribution < -0.4 is 9.47 Å². The van der Waals surface area contributed by atoms with Gasteiger partial charge in [-0.3, -0.25) is 20.2 Å². The predicted octanol–water partition coefficient (Wildman–Crippen LogP) is 3.07. The Hall–Kier alpha value is -3.75. The van der Waals surface area contributed by atoms with Crippen molar-refractivity contribution in [3.8, 4) is 11.5 Å². The highest BCUT2D eigenvalue weighted by Gasteiger charge is 2.14. The topological polar surface area (TPSA) is 122 Å². The summed E-state index contributed by atoms with van der Waals surface area (Å²) < 4.78 is 10.3. The highest BCUT2D eigenvalue weighted by molar-refractivity contribution is 5.91. The van der Waals surface area contributed by atoms with Gasteiger partial charge in [0.1, 0.15) is 0 Å². The summed E-state index contributed by atoms with van der Waals surface area (Å²) in [7, 11) is 1.36. The van der Waals surface area contributed by atoms with Crippen LogP contribution in [0.25, 0.3) is 6.08 Å². The molecule has 2 rings (SSSR count). The molecule has 0 fully saturated rings. The molecule has 9 nitrogen and oxygen atoms in total. The number of non-ortho nitro benzene ring substituents is 1. The Morgan fingerprint density at radius 2 is 1.72 bits per heavy atom. The second-order valence-corrected chi connectivity index (χ2v) is 4.70. The summed E-state index contributed by atoms with van der Waals surface area (Å²) in [6.45, 7) is 0. The van der Waals surface area contributed by atoms with Crippen molar-refractivity contribution in [2.75, 3.05) is 7.11 Å². The molecule has 128 valence electrons. The zero-order valence-electron chi connectivity index (χ0n) is 12.9. The molecule has 0 aliphatic rings. The van der Waals surface area contributed by atoms with Crippen LogP contribution in [0.4, 0.5) is 5.69 Å². The van der Waals surface area contributed by atoms with Crippen LogP contribution in [0.1, 0.15) is 15.9 Å². The van der Waals surface area contributed by atoms with E-state index in [-0.39, 0.29) is 22.7 Å². The second-order valence-electron chi connectivity index (χ2n) is 4.70. The third-order valence-corrected chi connectivity index (χ3v) is 3.09. The van der Waals surface area contributed by atoms with Gasteiger partial charge in [-0.1, -0.05) is 6.07 Å². The van der Waals surface area contributed by atoms with Crippen molar-refractivity contribution in [1.82, 2.24) is 0 Å². The maximum absolute atomic E-state index is 12.1. The van der Waals surface area contributed by atoms with Gasteiger partial charge in [0.15, 0.2) is 11.5 Å². The number of benzene rings is 2. The Morgan fingerprint density at radius 1 is 1.04 bits per heavy atom. The molecule has 0 aromatic heterocycles. The van der Waals surface area contributed by atoms with Crippen molar-refractivity contribution in [2.24, 2.45) is 0 Å². The van der Waals surface area contributed by atoms with Crippen molar-refractivity contribution in [3.63, 3.8) is 0 Å². The number of nitro benzene ring substituents is 1. The van der Waals surface area contributed by atoms with Crippen molar-refractivity contribution in [1.29, 1.82) is 0 Å². The Morgan fingerprint density at radius 3 is 2.28 bits per heavy atom. The average molecular weight is 344 g/mol. The molecule has 0 bridgehead atoms. The first-order valence-corrected chi connectivity index (χ1v) is 6.87. The van der Waals surface area contributed by atoms with E-state index in [1.165, 1.54) is 55.7 Å². The van der Waals surface area contributed by atoms with Crippen LogP contribution >= 0.6 is 0 Å². The fraction of sp³-hybridized carbons (Fsp3) is 0.0625. The molecule has 0 heterocycles. The van der Waals surface area contributed by atoms with Crippen LogP contribution in [0.2, 0.25) is 0 Å². The van der Waals surface area contributed by atoms with E-state index in [4.69, 9.17) is 9.47 Å². The van der Waals surface area contributed by atoms with Crippen LogP contribution in [-0.4, -0.2) is 22.9 Å². The smallest absolute Gasteiger partial charge is 0.343 e. The first-order valence-electron chi connectivity index (χ1n) is 6.87. The molecule has 25 heavy (non-hydrogen) atoms. The van der Waals surface area contributed by atoms with Crippen LogP contribution in [-0.2, 0) is 0 Å². The number of methoxy groups -OCH3 is 1. The Balaban J connectivity index is 2.19. The van der Waals surface area contributed by atoms with Crippen LogP contribution in [0.5, 0.6) is 11.5 Å². The number of nitro groups is 2. The summed E-state index contributed by atoms with van der Waals surface area (Å²) in [5.74, 6) is -0.397. The fourth-order valence-corrected chi connectivity index (χ4v) is 1.90. The Bertz CT molecular complexity index is 844. The summed E-state index contributed by atoms with van der Waals surface area (Å²) in [4.78, 5) is 31.9. The van der Waals surface area contributed by atoms with Gasteiger partial charge in [0.25, 0.3) is 5.69 Å². The lowest BCUT2D eigenvalue weighted by Crippen LogP contribution is -2.09. The summed E-state index contributed by atoms with van der Waals surface area (Å²) in [5.41, 5.74) is 0.477. The number of carbonyl (C=O) groups is 1. The quantitative estimate of drug-likeness (QED) is 0.341. The minimum Gasteiger partial charge on any atom is -0.493 e. The van der Waals surface area contributed by atoms with Crippen LogP contribution in [0, 0.1) is 20.2 Å². The largest absolute Gasteiger partial charge is 0.493 e. The SMILES string of the molecule is COc1cc(C=C[N+](=O)[O-])ccc1OC(=O)c1ccc([N+](=O)[O-])cc1. The van der Waals surface area contributed by atoms with Crippen molar-refractivity contribution < 1.29 is 24.1 Å². The number of hydrogen-bond acceptors (Lipinski definition) is 7. The lowest BCUT2D eigenvalue weighted by Gasteiger charge is -2.09. The maximum atomic E-state index is 12.1. The first kappa shape index (κ1) is 17.6. The van der Waals surface area contributed by atoms with E-state index in [2.05, 4.69) is 0 Å². The summed E-state index contributed by atoms with van der Waals surface area (Å²) in [5, 5.41) is 20.9. The van der Waals surface area contributed by atoms with Gasteiger partial charge in [0.2, 0.25) is 6.20 Å². The normalized spacial score (nSPS) is 10.4. The molecule has 9 heteroatoms. The van der Waals surface area contributed by atoms with Gasteiger partial charge in [-0.25, -0.2) is 4.79 Å². The summed E-state index contributed by atoms with van der Waals surface area (Å²) >= 11 is 0. The van der Waals surface area contributed by atoms with Crippen molar-refractivity contribution in [3.05, 3.63) is 80.0 Å². The third-order valence-electron chi connectivity index (χ3n) is 3.09. The van der Waals surface area contributed by atoms with Gasteiger partial charge < -0.3 is 9.47 Å². The molecule has 0 N–H and O–H groups in total. The van der Waals surface area contributed by atoms with Gasteiger partial charge in [0.05, 0.1) is 22.5 Å². The molecule has 0 spiro atoms. The summed E-state index contributed by atoms with van der Waals surface area (Å²) in [6.07, 6.45) is 2.04. The molecule has 0 unspecified atom stereocenters. The first-order chi connectivity index (χ1) is 11.9. The summed E-state index contributed by atoms with van der Waals surface area (Å²) in [6, 6.07) is 9.36. The van der Waals surface area contributed by atoms with E-state index in [1.807, 2.05) is 0 Å². The lowest BCUT2D eigenvalue weighted by molar-refractivity contribution is -0.400. The molecule has 2 aromatic rings. The minimum absolute atomic E-state index is 0.115. The predicted molar refractivity (Wildman–Crippen MR) is 87.1 cm³/mol. The Labute approximate surface area is 141 Å². The van der Waals surface area contributed by atoms with Gasteiger partial charge >= 0.3 is 5.97 Å². The van der Waals surface area contributed by atoms with Crippen LogP contribution in [0.3, 0.4) is 0 Å². The standard InChI is InChI=1S/C16H12N2O7/c1-24-15-10-11(8-9-17(20)21)2-7-14(15)25-16(19)12-3-5-13(6-4-12)18(22)23/h2-10H,1H3. The van der Waals surface area contributed by atoms with E-state index in [0.717, 1.165) is 6.20 Å². The molecule has 0 aliphatic carbocycles. The van der Waals surface area contributed by atoms with Gasteiger partial charge in [-0.05, 0) is 29.8 Å².